The van der Waals surface area contributed by atoms with Crippen LogP contribution < -0.4 is 15.4 Å². The lowest BCUT2D eigenvalue weighted by molar-refractivity contribution is -0.0592. The number of hydrogen-bond acceptors (Lipinski definition) is 8. The average molecular weight is 593 g/mol. The Morgan fingerprint density at radius 2 is 1.90 bits per heavy atom. The predicted octanol–water partition coefficient (Wildman–Crippen LogP) is 5.50. The molecule has 0 radical (unpaired) electrons. The molecule has 3 aliphatic heterocycles. The van der Waals surface area contributed by atoms with Crippen LogP contribution in [0.15, 0.2) is 54.6 Å². The number of fused-ring (bicyclic) bond motifs is 2. The number of carbonyl (C=O) groups excluding carboxylic acids is 1. The fourth-order valence-corrected chi connectivity index (χ4v) is 6.22. The van der Waals surface area contributed by atoms with Gasteiger partial charge in [0.25, 0.3) is 6.29 Å². The normalized spacial score (nSPS) is 20.5. The van der Waals surface area contributed by atoms with Crippen molar-refractivity contribution in [1.82, 2.24) is 14.5 Å². The van der Waals surface area contributed by atoms with Crippen LogP contribution in [0.1, 0.15) is 58.8 Å². The van der Waals surface area contributed by atoms with Gasteiger partial charge >= 0.3 is 5.97 Å². The number of rotatable bonds is 7. The molecule has 0 aliphatic carbocycles. The van der Waals surface area contributed by atoms with Crippen LogP contribution in [0.4, 0.5) is 4.39 Å². The Hall–Kier alpha value is -3.70. The number of nitrogens with two attached hydrogens (primary N) is 1. The number of ether oxygens (including phenoxy) is 3. The SMILES string of the molecule is NOC(=O)c1ccc2nc(CN3CCC(c4cccc5c4OC(c4ccc(Cl)cc4F)O5)CC3)n(CC3CCO3)c2c1. The second-order valence-electron chi connectivity index (χ2n) is 11.0. The highest BCUT2D eigenvalue weighted by atomic mass is 35.5. The Labute approximate surface area is 246 Å². The minimum atomic E-state index is -0.849. The van der Waals surface area contributed by atoms with E-state index in [0.29, 0.717) is 40.7 Å². The molecule has 0 saturated carbocycles. The maximum atomic E-state index is 14.6. The molecule has 42 heavy (non-hydrogen) atoms. The number of nitrogens with zero attached hydrogens (tertiary/aromatic N) is 3. The molecule has 3 aliphatic rings. The van der Waals surface area contributed by atoms with Crippen LogP contribution in [0.5, 0.6) is 11.5 Å². The molecule has 218 valence electrons. The Morgan fingerprint density at radius 3 is 2.64 bits per heavy atom. The van der Waals surface area contributed by atoms with E-state index in [1.165, 1.54) is 6.07 Å². The highest BCUT2D eigenvalue weighted by Gasteiger charge is 2.33. The molecule has 2 saturated heterocycles. The molecule has 1 aromatic heterocycles. The van der Waals surface area contributed by atoms with Gasteiger partial charge < -0.3 is 23.6 Å². The first-order valence-electron chi connectivity index (χ1n) is 14.1. The van der Waals surface area contributed by atoms with Crippen molar-refractivity contribution in [3.8, 4) is 11.5 Å². The summed E-state index contributed by atoms with van der Waals surface area (Å²) >= 11 is 5.93. The third kappa shape index (κ3) is 5.09. The van der Waals surface area contributed by atoms with Gasteiger partial charge in [-0.15, -0.1) is 0 Å². The molecule has 9 nitrogen and oxygen atoms in total. The van der Waals surface area contributed by atoms with Crippen molar-refractivity contribution in [1.29, 1.82) is 0 Å². The number of piperidine rings is 1. The second kappa shape index (κ2) is 11.2. The van der Waals surface area contributed by atoms with E-state index in [2.05, 4.69) is 20.4 Å². The van der Waals surface area contributed by atoms with E-state index in [1.807, 2.05) is 18.2 Å². The zero-order valence-corrected chi connectivity index (χ0v) is 23.6. The van der Waals surface area contributed by atoms with Gasteiger partial charge in [-0.1, -0.05) is 23.7 Å². The molecule has 2 N–H and O–H groups in total. The van der Waals surface area contributed by atoms with Crippen LogP contribution in [0.25, 0.3) is 11.0 Å². The van der Waals surface area contributed by atoms with E-state index in [1.54, 1.807) is 24.3 Å². The zero-order chi connectivity index (χ0) is 28.8. The Bertz CT molecular complexity index is 1650. The van der Waals surface area contributed by atoms with E-state index in [-0.39, 0.29) is 12.0 Å². The minimum absolute atomic E-state index is 0.129. The monoisotopic (exact) mass is 592 g/mol. The summed E-state index contributed by atoms with van der Waals surface area (Å²) in [5.41, 5.74) is 3.46. The summed E-state index contributed by atoms with van der Waals surface area (Å²) in [5.74, 6) is 6.60. The van der Waals surface area contributed by atoms with E-state index in [4.69, 9.17) is 36.7 Å². The number of likely N-dealkylation sites (tertiary alicyclic amines) is 1. The molecule has 3 aromatic carbocycles. The van der Waals surface area contributed by atoms with E-state index < -0.39 is 18.1 Å². The Balaban J connectivity index is 1.06. The maximum absolute atomic E-state index is 14.6. The van der Waals surface area contributed by atoms with Gasteiger partial charge in [0.1, 0.15) is 11.6 Å². The van der Waals surface area contributed by atoms with Crippen molar-refractivity contribution in [2.24, 2.45) is 5.90 Å². The summed E-state index contributed by atoms with van der Waals surface area (Å²) in [7, 11) is 0. The van der Waals surface area contributed by atoms with Gasteiger partial charge in [-0.25, -0.2) is 14.2 Å². The smallest absolute Gasteiger partial charge is 0.356 e. The summed E-state index contributed by atoms with van der Waals surface area (Å²) in [5, 5.41) is 0.326. The van der Waals surface area contributed by atoms with Crippen LogP contribution in [-0.2, 0) is 22.7 Å². The minimum Gasteiger partial charge on any atom is -0.447 e. The van der Waals surface area contributed by atoms with Crippen molar-refractivity contribution in [3.05, 3.63) is 88.0 Å². The Kier molecular flexibility index (Phi) is 7.23. The lowest BCUT2D eigenvalue weighted by Gasteiger charge is -2.33. The first-order chi connectivity index (χ1) is 20.5. The molecule has 4 heterocycles. The number of aromatic nitrogens is 2. The highest BCUT2D eigenvalue weighted by molar-refractivity contribution is 6.30. The average Bonchev–Trinajstić information content (AvgIpc) is 3.55. The topological polar surface area (TPSA) is 101 Å². The van der Waals surface area contributed by atoms with Crippen molar-refractivity contribution < 1.29 is 28.2 Å². The van der Waals surface area contributed by atoms with Crippen molar-refractivity contribution in [2.75, 3.05) is 19.7 Å². The zero-order valence-electron chi connectivity index (χ0n) is 22.8. The van der Waals surface area contributed by atoms with E-state index in [0.717, 1.165) is 61.4 Å². The van der Waals surface area contributed by atoms with Crippen LogP contribution in [-0.4, -0.2) is 46.2 Å². The third-order valence-electron chi connectivity index (χ3n) is 8.43. The molecule has 2 unspecified atom stereocenters. The van der Waals surface area contributed by atoms with Gasteiger partial charge in [-0.2, -0.15) is 5.90 Å². The fraction of sp³-hybridized carbons (Fsp3) is 0.355. The first-order valence-corrected chi connectivity index (χ1v) is 14.5. The van der Waals surface area contributed by atoms with Gasteiger partial charge in [0.2, 0.25) is 0 Å². The fourth-order valence-electron chi connectivity index (χ4n) is 6.07. The summed E-state index contributed by atoms with van der Waals surface area (Å²) in [6, 6.07) is 15.7. The molecule has 11 heteroatoms. The highest BCUT2D eigenvalue weighted by Crippen LogP contribution is 2.47. The van der Waals surface area contributed by atoms with Gasteiger partial charge in [-0.05, 0) is 80.7 Å². The lowest BCUT2D eigenvalue weighted by atomic mass is 9.88. The quantitative estimate of drug-likeness (QED) is 0.281. The van der Waals surface area contributed by atoms with Crippen LogP contribution in [0.2, 0.25) is 5.02 Å². The van der Waals surface area contributed by atoms with Crippen molar-refractivity contribution >= 4 is 28.6 Å². The molecule has 2 fully saturated rings. The number of hydrogen-bond donors (Lipinski definition) is 1. The van der Waals surface area contributed by atoms with Gasteiger partial charge in [-0.3, -0.25) is 4.90 Å². The second-order valence-corrected chi connectivity index (χ2v) is 11.4. The summed E-state index contributed by atoms with van der Waals surface area (Å²) < 4.78 is 34.6. The third-order valence-corrected chi connectivity index (χ3v) is 8.66. The van der Waals surface area contributed by atoms with E-state index in [9.17, 15) is 9.18 Å². The van der Waals surface area contributed by atoms with Crippen molar-refractivity contribution in [3.63, 3.8) is 0 Å². The molecule has 0 spiro atoms. The summed E-state index contributed by atoms with van der Waals surface area (Å²) in [6.07, 6.45) is 2.13. The molecule has 2 atom stereocenters. The number of carbonyl (C=O) groups is 1. The van der Waals surface area contributed by atoms with Crippen LogP contribution in [0, 0.1) is 5.82 Å². The summed E-state index contributed by atoms with van der Waals surface area (Å²) in [4.78, 5) is 23.8. The van der Waals surface area contributed by atoms with Crippen LogP contribution in [0.3, 0.4) is 0 Å². The van der Waals surface area contributed by atoms with Gasteiger partial charge in [0, 0.05) is 17.2 Å². The number of halogens is 2. The Morgan fingerprint density at radius 1 is 1.07 bits per heavy atom. The predicted molar refractivity (Wildman–Crippen MR) is 153 cm³/mol. The lowest BCUT2D eigenvalue weighted by Crippen LogP contribution is -2.35. The summed E-state index contributed by atoms with van der Waals surface area (Å²) in [6.45, 7) is 3.86. The van der Waals surface area contributed by atoms with Crippen molar-refractivity contribution in [2.45, 2.75) is 50.7 Å². The molecule has 4 aromatic rings. The van der Waals surface area contributed by atoms with Gasteiger partial charge in [0.05, 0.1) is 41.4 Å². The van der Waals surface area contributed by atoms with E-state index >= 15 is 0 Å². The van der Waals surface area contributed by atoms with Crippen LogP contribution >= 0.6 is 11.6 Å². The maximum Gasteiger partial charge on any atom is 0.356 e. The number of benzene rings is 3. The largest absolute Gasteiger partial charge is 0.447 e. The molecule has 0 bridgehead atoms. The number of imidazole rings is 1. The molecule has 7 rings (SSSR count). The molecular formula is C31H30ClFN4O5. The molecule has 0 amide bonds. The van der Waals surface area contributed by atoms with Gasteiger partial charge in [0.15, 0.2) is 11.5 Å². The standard InChI is InChI=1S/C31H30ClFN4O5/c32-20-5-6-23(24(33)15-20)31-40-27-3-1-2-22(29(27)41-31)18-8-11-36(12-9-18)17-28-35-25-7-4-19(30(38)42-34)14-26(25)37(28)16-21-10-13-39-21/h1-7,14-15,18,21,31H,8-13,16-17,34H2. The number of para-hydroxylation sites is 1. The molecular weight excluding hydrogens is 563 g/mol. The first kappa shape index (κ1) is 27.2.